The number of nitrogens with one attached hydrogen (secondary N) is 1. The second-order valence-electron chi connectivity index (χ2n) is 4.73. The number of hydrazine groups is 1. The van der Waals surface area contributed by atoms with Crippen LogP contribution < -0.4 is 11.3 Å². The van der Waals surface area contributed by atoms with Crippen molar-refractivity contribution in [3.8, 4) is 0 Å². The van der Waals surface area contributed by atoms with Crippen molar-refractivity contribution >= 4 is 23.2 Å². The van der Waals surface area contributed by atoms with E-state index < -0.39 is 0 Å². The lowest BCUT2D eigenvalue weighted by atomic mass is 9.98. The van der Waals surface area contributed by atoms with Crippen LogP contribution >= 0.6 is 23.2 Å². The molecule has 0 radical (unpaired) electrons. The average Bonchev–Trinajstić information content (AvgIpc) is 2.46. The Kier molecular flexibility index (Phi) is 5.44. The summed E-state index contributed by atoms with van der Waals surface area (Å²) >= 11 is 12.5. The fraction of sp³-hybridized carbons (Fsp3) is 0.250. The third-order valence-corrected chi connectivity index (χ3v) is 4.08. The van der Waals surface area contributed by atoms with Gasteiger partial charge < -0.3 is 0 Å². The second-order valence-corrected chi connectivity index (χ2v) is 5.54. The van der Waals surface area contributed by atoms with Crippen LogP contribution in [0.1, 0.15) is 29.7 Å². The largest absolute Gasteiger partial charge is 0.271 e. The molecule has 4 heteroatoms. The van der Waals surface area contributed by atoms with Gasteiger partial charge in [-0.3, -0.25) is 11.3 Å². The smallest absolute Gasteiger partial charge is 0.0529 e. The van der Waals surface area contributed by atoms with Gasteiger partial charge in [-0.25, -0.2) is 0 Å². The van der Waals surface area contributed by atoms with Crippen LogP contribution in [0.4, 0.5) is 0 Å². The molecular weight excluding hydrogens is 291 g/mol. The Morgan fingerprint density at radius 3 is 2.05 bits per heavy atom. The molecule has 0 aliphatic carbocycles. The van der Waals surface area contributed by atoms with E-state index in [0.717, 1.165) is 18.4 Å². The van der Waals surface area contributed by atoms with E-state index in [1.165, 1.54) is 11.1 Å². The standard InChI is InChI=1S/C16H18Cl2N2/c1-2-11-6-8-12(9-7-11)10-15(20-19)16-13(17)4-3-5-14(16)18/h3-9,15,20H,2,10,19H2,1H3. The first-order valence-corrected chi connectivity index (χ1v) is 7.39. The van der Waals surface area contributed by atoms with Crippen LogP contribution in [0.3, 0.4) is 0 Å². The number of aryl methyl sites for hydroxylation is 1. The van der Waals surface area contributed by atoms with Crippen molar-refractivity contribution < 1.29 is 0 Å². The Bertz CT molecular complexity index is 547. The molecule has 0 aromatic heterocycles. The van der Waals surface area contributed by atoms with Crippen LogP contribution in [0.2, 0.25) is 10.0 Å². The summed E-state index contributed by atoms with van der Waals surface area (Å²) in [4.78, 5) is 0. The lowest BCUT2D eigenvalue weighted by Crippen LogP contribution is -2.30. The molecule has 2 rings (SSSR count). The van der Waals surface area contributed by atoms with Crippen molar-refractivity contribution in [3.05, 3.63) is 69.2 Å². The fourth-order valence-corrected chi connectivity index (χ4v) is 2.90. The first-order valence-electron chi connectivity index (χ1n) is 6.63. The molecule has 1 unspecified atom stereocenters. The fourth-order valence-electron chi connectivity index (χ4n) is 2.23. The average molecular weight is 309 g/mol. The van der Waals surface area contributed by atoms with Gasteiger partial charge in [-0.15, -0.1) is 0 Å². The van der Waals surface area contributed by atoms with E-state index in [4.69, 9.17) is 29.0 Å². The summed E-state index contributed by atoms with van der Waals surface area (Å²) < 4.78 is 0. The van der Waals surface area contributed by atoms with Crippen LogP contribution in [0.25, 0.3) is 0 Å². The first kappa shape index (κ1) is 15.3. The summed E-state index contributed by atoms with van der Waals surface area (Å²) in [5.41, 5.74) is 6.17. The van der Waals surface area contributed by atoms with Gasteiger partial charge in [0.2, 0.25) is 0 Å². The zero-order valence-electron chi connectivity index (χ0n) is 11.4. The number of benzene rings is 2. The topological polar surface area (TPSA) is 38.0 Å². The van der Waals surface area contributed by atoms with E-state index in [-0.39, 0.29) is 6.04 Å². The predicted octanol–water partition coefficient (Wildman–Crippen LogP) is 4.30. The van der Waals surface area contributed by atoms with Crippen molar-refractivity contribution in [2.45, 2.75) is 25.8 Å². The minimum atomic E-state index is -0.108. The molecule has 0 heterocycles. The number of hydrogen-bond acceptors (Lipinski definition) is 2. The van der Waals surface area contributed by atoms with E-state index in [2.05, 4.69) is 36.6 Å². The third kappa shape index (κ3) is 3.53. The van der Waals surface area contributed by atoms with Gasteiger partial charge in [0.25, 0.3) is 0 Å². The summed E-state index contributed by atoms with van der Waals surface area (Å²) in [7, 11) is 0. The molecular formula is C16H18Cl2N2. The van der Waals surface area contributed by atoms with Crippen LogP contribution in [-0.2, 0) is 12.8 Å². The molecule has 1 atom stereocenters. The van der Waals surface area contributed by atoms with Gasteiger partial charge in [-0.2, -0.15) is 0 Å². The molecule has 0 saturated heterocycles. The summed E-state index contributed by atoms with van der Waals surface area (Å²) in [5, 5.41) is 1.26. The Balaban J connectivity index is 2.24. The molecule has 0 aliphatic rings. The summed E-state index contributed by atoms with van der Waals surface area (Å²) in [6.07, 6.45) is 1.78. The Labute approximate surface area is 129 Å². The molecule has 0 bridgehead atoms. The molecule has 0 fully saturated rings. The molecule has 0 spiro atoms. The normalized spacial score (nSPS) is 12.4. The van der Waals surface area contributed by atoms with Crippen molar-refractivity contribution in [3.63, 3.8) is 0 Å². The van der Waals surface area contributed by atoms with Gasteiger partial charge in [0, 0.05) is 15.6 Å². The minimum absolute atomic E-state index is 0.108. The highest BCUT2D eigenvalue weighted by Crippen LogP contribution is 2.31. The maximum atomic E-state index is 6.24. The Hall–Kier alpha value is -1.06. The minimum Gasteiger partial charge on any atom is -0.271 e. The maximum absolute atomic E-state index is 6.24. The summed E-state index contributed by atoms with van der Waals surface area (Å²) in [6.45, 7) is 2.14. The van der Waals surface area contributed by atoms with Gasteiger partial charge in [0.15, 0.2) is 0 Å². The van der Waals surface area contributed by atoms with Crippen molar-refractivity contribution in [2.24, 2.45) is 5.84 Å². The Morgan fingerprint density at radius 2 is 1.55 bits per heavy atom. The van der Waals surface area contributed by atoms with Crippen molar-refractivity contribution in [1.29, 1.82) is 0 Å². The van der Waals surface area contributed by atoms with E-state index in [0.29, 0.717) is 10.0 Å². The van der Waals surface area contributed by atoms with Gasteiger partial charge in [0.05, 0.1) is 6.04 Å². The van der Waals surface area contributed by atoms with E-state index in [1.54, 1.807) is 0 Å². The summed E-state index contributed by atoms with van der Waals surface area (Å²) in [5.74, 6) is 5.68. The zero-order chi connectivity index (χ0) is 14.5. The number of rotatable bonds is 5. The molecule has 20 heavy (non-hydrogen) atoms. The predicted molar refractivity (Wildman–Crippen MR) is 86.1 cm³/mol. The highest BCUT2D eigenvalue weighted by atomic mass is 35.5. The molecule has 3 N–H and O–H groups in total. The summed E-state index contributed by atoms with van der Waals surface area (Å²) in [6, 6.07) is 13.9. The molecule has 2 nitrogen and oxygen atoms in total. The second kappa shape index (κ2) is 7.09. The quantitative estimate of drug-likeness (QED) is 0.638. The lowest BCUT2D eigenvalue weighted by molar-refractivity contribution is 0.552. The van der Waals surface area contributed by atoms with Gasteiger partial charge in [0.1, 0.15) is 0 Å². The van der Waals surface area contributed by atoms with E-state index >= 15 is 0 Å². The maximum Gasteiger partial charge on any atom is 0.0529 e. The number of nitrogens with two attached hydrogens (primary N) is 1. The van der Waals surface area contributed by atoms with Crippen molar-refractivity contribution in [1.82, 2.24) is 5.43 Å². The van der Waals surface area contributed by atoms with Crippen LogP contribution in [0.5, 0.6) is 0 Å². The molecule has 2 aromatic carbocycles. The highest BCUT2D eigenvalue weighted by molar-refractivity contribution is 6.36. The van der Waals surface area contributed by atoms with E-state index in [9.17, 15) is 0 Å². The SMILES string of the molecule is CCc1ccc(CC(NN)c2c(Cl)cccc2Cl)cc1. The van der Waals surface area contributed by atoms with Gasteiger partial charge in [-0.05, 0) is 36.1 Å². The van der Waals surface area contributed by atoms with Crippen LogP contribution in [-0.4, -0.2) is 0 Å². The zero-order valence-corrected chi connectivity index (χ0v) is 12.9. The number of hydrogen-bond donors (Lipinski definition) is 2. The van der Waals surface area contributed by atoms with Gasteiger partial charge in [-0.1, -0.05) is 60.5 Å². The lowest BCUT2D eigenvalue weighted by Gasteiger charge is -2.19. The molecule has 0 aliphatic heterocycles. The van der Waals surface area contributed by atoms with Gasteiger partial charge >= 0.3 is 0 Å². The first-order chi connectivity index (χ1) is 9.65. The third-order valence-electron chi connectivity index (χ3n) is 3.42. The molecule has 2 aromatic rings. The molecule has 106 valence electrons. The van der Waals surface area contributed by atoms with Crippen LogP contribution in [0.15, 0.2) is 42.5 Å². The highest BCUT2D eigenvalue weighted by Gasteiger charge is 2.17. The molecule has 0 amide bonds. The van der Waals surface area contributed by atoms with Crippen LogP contribution in [0, 0.1) is 0 Å². The van der Waals surface area contributed by atoms with E-state index in [1.807, 2.05) is 18.2 Å². The monoisotopic (exact) mass is 308 g/mol. The molecule has 0 saturated carbocycles. The van der Waals surface area contributed by atoms with Crippen molar-refractivity contribution in [2.75, 3.05) is 0 Å². The number of halogens is 2. The Morgan fingerprint density at radius 1 is 1.00 bits per heavy atom.